The predicted octanol–water partition coefficient (Wildman–Crippen LogP) is 6.24. The average molecular weight is 594 g/mol. The number of carbonyl (C=O) groups is 2. The van der Waals surface area contributed by atoms with Crippen LogP contribution in [-0.2, 0) is 17.6 Å². The summed E-state index contributed by atoms with van der Waals surface area (Å²) < 4.78 is 0. The van der Waals surface area contributed by atoms with Crippen molar-refractivity contribution in [1.29, 1.82) is 0 Å². The average Bonchev–Trinajstić information content (AvgIpc) is 2.94. The first-order valence-electron chi connectivity index (χ1n) is 12.3. The molecule has 0 saturated carbocycles. The molecule has 3 N–H and O–H groups in total. The molecule has 0 fully saturated rings. The van der Waals surface area contributed by atoms with E-state index in [1.807, 2.05) is 49.5 Å². The maximum absolute atomic E-state index is 12.6. The summed E-state index contributed by atoms with van der Waals surface area (Å²) in [6.07, 6.45) is 3.57. The van der Waals surface area contributed by atoms with Crippen molar-refractivity contribution in [3.63, 3.8) is 0 Å². The number of halogens is 2. The molecule has 1 atom stereocenters. The molecule has 1 heterocycles. The van der Waals surface area contributed by atoms with Crippen LogP contribution in [0.25, 0.3) is 0 Å². The van der Waals surface area contributed by atoms with E-state index in [4.69, 9.17) is 35.4 Å². The van der Waals surface area contributed by atoms with E-state index in [9.17, 15) is 14.7 Å². The Morgan fingerprint density at radius 2 is 1.55 bits per heavy atom. The minimum absolute atomic E-state index is 0.125. The van der Waals surface area contributed by atoms with Crippen molar-refractivity contribution in [2.45, 2.75) is 18.9 Å². The summed E-state index contributed by atoms with van der Waals surface area (Å²) in [4.78, 5) is 30.4. The van der Waals surface area contributed by atoms with Crippen LogP contribution >= 0.6 is 35.4 Å². The summed E-state index contributed by atoms with van der Waals surface area (Å²) in [5.74, 6) is -1.51. The number of anilines is 2. The molecule has 40 heavy (non-hydrogen) atoms. The number of hydrogen-bond acceptors (Lipinski definition) is 4. The Morgan fingerprint density at radius 3 is 2.20 bits per heavy atom. The van der Waals surface area contributed by atoms with E-state index in [1.54, 1.807) is 29.2 Å². The van der Waals surface area contributed by atoms with Gasteiger partial charge in [-0.05, 0) is 53.5 Å². The highest BCUT2D eigenvalue weighted by molar-refractivity contribution is 7.80. The zero-order chi connectivity index (χ0) is 28.6. The maximum Gasteiger partial charge on any atom is 0.326 e. The molecule has 0 saturated heterocycles. The van der Waals surface area contributed by atoms with Crippen LogP contribution in [0.2, 0.25) is 10.0 Å². The Kier molecular flexibility index (Phi) is 9.71. The van der Waals surface area contributed by atoms with Gasteiger partial charge in [-0.1, -0.05) is 83.9 Å². The minimum atomic E-state index is -1.03. The predicted molar refractivity (Wildman–Crippen MR) is 164 cm³/mol. The van der Waals surface area contributed by atoms with Gasteiger partial charge in [-0.3, -0.25) is 9.78 Å². The van der Waals surface area contributed by atoms with E-state index in [0.29, 0.717) is 10.8 Å². The van der Waals surface area contributed by atoms with Crippen molar-refractivity contribution in [3.05, 3.63) is 124 Å². The summed E-state index contributed by atoms with van der Waals surface area (Å²) in [6.45, 7) is 0. The fraction of sp³-hybridized carbons (Fsp3) is 0.133. The highest BCUT2D eigenvalue weighted by Crippen LogP contribution is 2.25. The minimum Gasteiger partial charge on any atom is -0.480 e. The van der Waals surface area contributed by atoms with E-state index < -0.39 is 17.9 Å². The number of carboxylic acid groups (broad SMARTS) is 1. The van der Waals surface area contributed by atoms with Crippen LogP contribution in [0.1, 0.15) is 27.0 Å². The van der Waals surface area contributed by atoms with Gasteiger partial charge >= 0.3 is 5.97 Å². The van der Waals surface area contributed by atoms with Gasteiger partial charge in [-0.2, -0.15) is 0 Å². The zero-order valence-electron chi connectivity index (χ0n) is 21.5. The third-order valence-electron chi connectivity index (χ3n) is 6.22. The lowest BCUT2D eigenvalue weighted by molar-refractivity contribution is -0.139. The highest BCUT2D eigenvalue weighted by atomic mass is 35.5. The number of benzene rings is 3. The third kappa shape index (κ3) is 7.35. The van der Waals surface area contributed by atoms with Crippen LogP contribution in [0, 0.1) is 0 Å². The number of carbonyl (C=O) groups excluding carboxylic acids is 1. The van der Waals surface area contributed by atoms with Crippen LogP contribution < -0.4 is 15.5 Å². The van der Waals surface area contributed by atoms with Crippen LogP contribution in [0.15, 0.2) is 91.3 Å². The molecule has 0 bridgehead atoms. The van der Waals surface area contributed by atoms with Crippen molar-refractivity contribution in [2.75, 3.05) is 17.3 Å². The molecule has 7 nitrogen and oxygen atoms in total. The van der Waals surface area contributed by atoms with Gasteiger partial charge in [-0.25, -0.2) is 4.79 Å². The van der Waals surface area contributed by atoms with Gasteiger partial charge in [0.15, 0.2) is 5.11 Å². The third-order valence-corrected chi connectivity index (χ3v) is 7.19. The molecule has 1 aromatic heterocycles. The first-order chi connectivity index (χ1) is 19.2. The Labute approximate surface area is 247 Å². The molecule has 0 aliphatic heterocycles. The first kappa shape index (κ1) is 29.0. The van der Waals surface area contributed by atoms with Crippen molar-refractivity contribution >= 4 is 63.8 Å². The Hall–Kier alpha value is -3.98. The molecule has 204 valence electrons. The van der Waals surface area contributed by atoms with Gasteiger partial charge in [0.05, 0.1) is 15.6 Å². The molecule has 1 amide bonds. The lowest BCUT2D eigenvalue weighted by Gasteiger charge is -2.26. The van der Waals surface area contributed by atoms with E-state index in [2.05, 4.69) is 27.8 Å². The summed E-state index contributed by atoms with van der Waals surface area (Å²) in [6, 6.07) is 23.9. The molecule has 0 radical (unpaired) electrons. The Morgan fingerprint density at radius 1 is 0.925 bits per heavy atom. The van der Waals surface area contributed by atoms with Gasteiger partial charge < -0.3 is 20.6 Å². The summed E-state index contributed by atoms with van der Waals surface area (Å²) >= 11 is 17.7. The second-order valence-corrected chi connectivity index (χ2v) is 10.2. The van der Waals surface area contributed by atoms with Gasteiger partial charge in [0.1, 0.15) is 6.04 Å². The quantitative estimate of drug-likeness (QED) is 0.198. The topological polar surface area (TPSA) is 94.6 Å². The van der Waals surface area contributed by atoms with E-state index >= 15 is 0 Å². The van der Waals surface area contributed by atoms with Crippen LogP contribution in [0.4, 0.5) is 11.4 Å². The number of aromatic nitrogens is 1. The molecular weight excluding hydrogens is 567 g/mol. The second-order valence-electron chi connectivity index (χ2n) is 9.02. The molecule has 3 aromatic carbocycles. The first-order valence-corrected chi connectivity index (χ1v) is 13.5. The smallest absolute Gasteiger partial charge is 0.326 e. The summed E-state index contributed by atoms with van der Waals surface area (Å²) in [5.41, 5.74) is 4.50. The van der Waals surface area contributed by atoms with Gasteiger partial charge in [0, 0.05) is 37.2 Å². The normalized spacial score (nSPS) is 11.4. The van der Waals surface area contributed by atoms with E-state index in [0.717, 1.165) is 28.8 Å². The van der Waals surface area contributed by atoms with Crippen molar-refractivity contribution in [2.24, 2.45) is 0 Å². The van der Waals surface area contributed by atoms with E-state index in [-0.39, 0.29) is 22.0 Å². The largest absolute Gasteiger partial charge is 0.480 e. The molecule has 10 heteroatoms. The van der Waals surface area contributed by atoms with Crippen molar-refractivity contribution in [3.8, 4) is 0 Å². The van der Waals surface area contributed by atoms with Crippen molar-refractivity contribution in [1.82, 2.24) is 10.3 Å². The number of carboxylic acids is 1. The fourth-order valence-corrected chi connectivity index (χ4v) is 4.92. The van der Waals surface area contributed by atoms with Gasteiger partial charge in [0.2, 0.25) is 0 Å². The van der Waals surface area contributed by atoms with Gasteiger partial charge in [0.25, 0.3) is 5.91 Å². The second kappa shape index (κ2) is 13.4. The number of para-hydroxylation sites is 1. The van der Waals surface area contributed by atoms with Crippen LogP contribution in [0.5, 0.6) is 0 Å². The lowest BCUT2D eigenvalue weighted by atomic mass is 10.0. The number of hydrogen-bond donors (Lipinski definition) is 3. The number of amides is 1. The SMILES string of the molecule is CN(C(=S)N[C@@H](Cc1ccc(NC(=O)c2c(Cl)cncc2Cl)cc1)C(=O)O)c1ccccc1Cc1ccccc1. The molecule has 0 aliphatic carbocycles. The van der Waals surface area contributed by atoms with Crippen LogP contribution in [-0.4, -0.2) is 40.2 Å². The van der Waals surface area contributed by atoms with E-state index in [1.165, 1.54) is 12.4 Å². The molecule has 4 rings (SSSR count). The van der Waals surface area contributed by atoms with Crippen LogP contribution in [0.3, 0.4) is 0 Å². The monoisotopic (exact) mass is 592 g/mol. The molecule has 4 aromatic rings. The fourth-order valence-electron chi connectivity index (χ4n) is 4.14. The highest BCUT2D eigenvalue weighted by Gasteiger charge is 2.22. The molecule has 0 aliphatic rings. The standard InChI is InChI=1S/C30H26Cl2N4O3S/c1-36(26-10-6-5-9-21(26)15-19-7-3-2-4-8-19)30(40)35-25(29(38)39)16-20-11-13-22(14-12-20)34-28(37)27-23(31)17-33-18-24(27)32/h2-14,17-18,25H,15-16H2,1H3,(H,34,37)(H,35,40)(H,38,39)/t25-/m0/s1. The lowest BCUT2D eigenvalue weighted by Crippen LogP contribution is -2.47. The molecule has 0 spiro atoms. The molecule has 0 unspecified atom stereocenters. The number of rotatable bonds is 9. The zero-order valence-corrected chi connectivity index (χ0v) is 23.8. The summed E-state index contributed by atoms with van der Waals surface area (Å²) in [7, 11) is 1.82. The van der Waals surface area contributed by atoms with Gasteiger partial charge in [-0.15, -0.1) is 0 Å². The number of aliphatic carboxylic acids is 1. The number of nitrogens with one attached hydrogen (secondary N) is 2. The van der Waals surface area contributed by atoms with Crippen molar-refractivity contribution < 1.29 is 14.7 Å². The Balaban J connectivity index is 1.41. The summed E-state index contributed by atoms with van der Waals surface area (Å²) in [5, 5.41) is 16.2. The number of thiocarbonyl (C=S) groups is 1. The maximum atomic E-state index is 12.6. The Bertz CT molecular complexity index is 1500. The number of nitrogens with zero attached hydrogens (tertiary/aromatic N) is 2. The molecular formula is C30H26Cl2N4O3S. The number of pyridine rings is 1.